The van der Waals surface area contributed by atoms with E-state index in [4.69, 9.17) is 13.9 Å². The zero-order chi connectivity index (χ0) is 25.4. The highest BCUT2D eigenvalue weighted by atomic mass is 19.1. The molecule has 10 heteroatoms. The van der Waals surface area contributed by atoms with Crippen molar-refractivity contribution in [1.29, 1.82) is 0 Å². The van der Waals surface area contributed by atoms with Crippen molar-refractivity contribution in [3.8, 4) is 17.2 Å². The van der Waals surface area contributed by atoms with Gasteiger partial charge < -0.3 is 19.2 Å². The first-order valence-corrected chi connectivity index (χ1v) is 10.9. The fraction of sp³-hybridized carbons (Fsp3) is 0.115. The number of methoxy groups -OCH3 is 2. The normalized spacial score (nSPS) is 11.1. The zero-order valence-corrected chi connectivity index (χ0v) is 19.3. The summed E-state index contributed by atoms with van der Waals surface area (Å²) in [5.41, 5.74) is -0.558. The fourth-order valence-electron chi connectivity index (χ4n) is 4.06. The molecule has 0 unspecified atom stereocenters. The van der Waals surface area contributed by atoms with Crippen LogP contribution in [0.25, 0.3) is 27.8 Å². The van der Waals surface area contributed by atoms with Crippen LogP contribution in [0.5, 0.6) is 11.5 Å². The van der Waals surface area contributed by atoms with Crippen molar-refractivity contribution in [3.63, 3.8) is 0 Å². The van der Waals surface area contributed by atoms with E-state index in [1.54, 1.807) is 42.5 Å². The topological polar surface area (TPSA) is 105 Å². The van der Waals surface area contributed by atoms with Gasteiger partial charge in [-0.3, -0.25) is 14.2 Å². The van der Waals surface area contributed by atoms with E-state index in [-0.39, 0.29) is 16.8 Å². The second-order valence-corrected chi connectivity index (χ2v) is 7.88. The number of fused-ring (bicyclic) bond motifs is 3. The molecule has 182 valence electrons. The fourth-order valence-corrected chi connectivity index (χ4v) is 4.06. The number of para-hydroxylation sites is 1. The lowest BCUT2D eigenvalue weighted by atomic mass is 10.2. The highest BCUT2D eigenvalue weighted by molar-refractivity contribution is 6.03. The van der Waals surface area contributed by atoms with Gasteiger partial charge in [0, 0.05) is 11.5 Å². The predicted molar refractivity (Wildman–Crippen MR) is 132 cm³/mol. The van der Waals surface area contributed by atoms with Gasteiger partial charge in [-0.05, 0) is 48.5 Å². The molecule has 3 aromatic carbocycles. The first-order valence-electron chi connectivity index (χ1n) is 10.9. The number of hydrogen-bond donors (Lipinski definition) is 1. The maximum atomic E-state index is 13.6. The molecule has 2 heterocycles. The number of anilines is 1. The van der Waals surface area contributed by atoms with Crippen LogP contribution < -0.4 is 26.0 Å². The zero-order valence-electron chi connectivity index (χ0n) is 19.3. The van der Waals surface area contributed by atoms with Gasteiger partial charge in [0.25, 0.3) is 0 Å². The van der Waals surface area contributed by atoms with Crippen molar-refractivity contribution in [2.75, 3.05) is 19.5 Å². The van der Waals surface area contributed by atoms with Crippen molar-refractivity contribution < 1.29 is 23.1 Å². The van der Waals surface area contributed by atoms with E-state index in [1.807, 2.05) is 0 Å². The van der Waals surface area contributed by atoms with Crippen LogP contribution >= 0.6 is 0 Å². The van der Waals surface area contributed by atoms with Crippen LogP contribution in [0.2, 0.25) is 0 Å². The highest BCUT2D eigenvalue weighted by Gasteiger charge is 2.22. The van der Waals surface area contributed by atoms with Gasteiger partial charge >= 0.3 is 11.2 Å². The third-order valence-electron chi connectivity index (χ3n) is 5.73. The average Bonchev–Trinajstić information content (AvgIpc) is 3.27. The average molecular weight is 489 g/mol. The largest absolute Gasteiger partial charge is 0.497 e. The molecule has 9 nitrogen and oxygen atoms in total. The van der Waals surface area contributed by atoms with Gasteiger partial charge in [-0.2, -0.15) is 0 Å². The van der Waals surface area contributed by atoms with Gasteiger partial charge in [-0.1, -0.05) is 12.1 Å². The molecule has 0 saturated heterocycles. The van der Waals surface area contributed by atoms with Crippen LogP contribution in [-0.2, 0) is 11.3 Å². The highest BCUT2D eigenvalue weighted by Crippen LogP contribution is 2.29. The smallest absolute Gasteiger partial charge is 0.336 e. The number of carbonyl (C=O) groups excluding carboxylic acids is 1. The number of ether oxygens (including phenoxy) is 2. The molecule has 1 N–H and O–H groups in total. The molecule has 0 spiro atoms. The molecule has 0 bridgehead atoms. The third kappa shape index (κ3) is 3.88. The maximum Gasteiger partial charge on any atom is 0.336 e. The van der Waals surface area contributed by atoms with Crippen LogP contribution in [0.1, 0.15) is 0 Å². The second kappa shape index (κ2) is 9.06. The summed E-state index contributed by atoms with van der Waals surface area (Å²) in [7, 11) is 2.95. The molecule has 0 saturated carbocycles. The Morgan fingerprint density at radius 2 is 1.75 bits per heavy atom. The molecule has 0 aliphatic carbocycles. The van der Waals surface area contributed by atoms with E-state index in [0.29, 0.717) is 28.2 Å². The number of benzene rings is 3. The lowest BCUT2D eigenvalue weighted by molar-refractivity contribution is -0.116. The van der Waals surface area contributed by atoms with Crippen molar-refractivity contribution in [2.45, 2.75) is 6.54 Å². The molecule has 5 rings (SSSR count). The van der Waals surface area contributed by atoms with Crippen molar-refractivity contribution >= 4 is 33.7 Å². The van der Waals surface area contributed by atoms with Crippen molar-refractivity contribution in [1.82, 2.24) is 9.13 Å². The van der Waals surface area contributed by atoms with Crippen molar-refractivity contribution in [2.24, 2.45) is 0 Å². The van der Waals surface area contributed by atoms with E-state index in [0.717, 1.165) is 21.3 Å². The van der Waals surface area contributed by atoms with Gasteiger partial charge in [0.15, 0.2) is 0 Å². The molecule has 36 heavy (non-hydrogen) atoms. The lowest BCUT2D eigenvalue weighted by Crippen LogP contribution is -2.40. The van der Waals surface area contributed by atoms with E-state index in [9.17, 15) is 18.8 Å². The molecular weight excluding hydrogens is 469 g/mol. The Hall–Kier alpha value is -4.86. The van der Waals surface area contributed by atoms with Gasteiger partial charge in [0.05, 0.1) is 25.6 Å². The Bertz CT molecular complexity index is 1730. The molecular formula is C26H20FN3O6. The lowest BCUT2D eigenvalue weighted by Gasteiger charge is -2.14. The third-order valence-corrected chi connectivity index (χ3v) is 5.73. The Labute approximate surface area is 202 Å². The van der Waals surface area contributed by atoms with E-state index in [1.165, 1.54) is 26.4 Å². The number of amides is 1. The summed E-state index contributed by atoms with van der Waals surface area (Å²) in [5, 5.41) is 3.23. The second-order valence-electron chi connectivity index (χ2n) is 7.88. The molecule has 5 aromatic rings. The minimum absolute atomic E-state index is 0.105. The molecule has 1 amide bonds. The molecule has 0 aliphatic rings. The van der Waals surface area contributed by atoms with Gasteiger partial charge in [-0.25, -0.2) is 13.8 Å². The number of furan rings is 1. The maximum absolute atomic E-state index is 13.6. The number of nitrogens with zero attached hydrogens (tertiary/aromatic N) is 2. The molecule has 0 radical (unpaired) electrons. The van der Waals surface area contributed by atoms with E-state index < -0.39 is 29.5 Å². The summed E-state index contributed by atoms with van der Waals surface area (Å²) in [6.07, 6.45) is 0. The summed E-state index contributed by atoms with van der Waals surface area (Å²) in [6.45, 7) is -0.444. The van der Waals surface area contributed by atoms with Crippen LogP contribution in [-0.4, -0.2) is 29.3 Å². The van der Waals surface area contributed by atoms with Gasteiger partial charge in [-0.15, -0.1) is 0 Å². The number of carbonyl (C=O) groups is 1. The standard InChI is InChI=1S/C26H20FN3O6/c1-34-17-11-12-21(35-2)19(13-17)28-22(31)14-29-23-18-5-3-4-6-20(18)36-24(23)25(32)30(26(29)33)16-9-7-15(27)8-10-16/h3-13H,14H2,1-2H3,(H,28,31). The SMILES string of the molecule is COc1ccc(OC)c(NC(=O)Cn2c(=O)n(-c3ccc(F)cc3)c(=O)c3oc4ccccc4c32)c1. The quantitative estimate of drug-likeness (QED) is 0.390. The molecule has 2 aromatic heterocycles. The summed E-state index contributed by atoms with van der Waals surface area (Å²) in [5.74, 6) is -0.189. The Kier molecular flexibility index (Phi) is 5.77. The number of halogens is 1. The van der Waals surface area contributed by atoms with Crippen LogP contribution in [0.3, 0.4) is 0 Å². The Morgan fingerprint density at radius 1 is 1.00 bits per heavy atom. The number of aromatic nitrogens is 2. The van der Waals surface area contributed by atoms with Crippen LogP contribution in [0.15, 0.2) is 80.7 Å². The molecule has 0 aliphatic heterocycles. The van der Waals surface area contributed by atoms with E-state index in [2.05, 4.69) is 5.32 Å². The van der Waals surface area contributed by atoms with Gasteiger partial charge in [0.1, 0.15) is 35.0 Å². The minimum Gasteiger partial charge on any atom is -0.497 e. The summed E-state index contributed by atoms with van der Waals surface area (Å²) in [4.78, 5) is 40.1. The summed E-state index contributed by atoms with van der Waals surface area (Å²) >= 11 is 0. The Balaban J connectivity index is 1.68. The van der Waals surface area contributed by atoms with Gasteiger partial charge in [0.2, 0.25) is 11.5 Å². The van der Waals surface area contributed by atoms with Crippen LogP contribution in [0.4, 0.5) is 10.1 Å². The summed E-state index contributed by atoms with van der Waals surface area (Å²) < 4.78 is 31.8. The summed E-state index contributed by atoms with van der Waals surface area (Å²) in [6, 6.07) is 16.6. The first-order chi connectivity index (χ1) is 17.4. The molecule has 0 fully saturated rings. The number of rotatable bonds is 6. The monoisotopic (exact) mass is 489 g/mol. The first kappa shape index (κ1) is 22.9. The number of nitrogens with one attached hydrogen (secondary N) is 1. The molecule has 0 atom stereocenters. The van der Waals surface area contributed by atoms with Crippen LogP contribution in [0, 0.1) is 5.82 Å². The van der Waals surface area contributed by atoms with E-state index >= 15 is 0 Å². The Morgan fingerprint density at radius 3 is 2.47 bits per heavy atom. The van der Waals surface area contributed by atoms with Crippen molar-refractivity contribution in [3.05, 3.63) is 93.4 Å². The minimum atomic E-state index is -0.779. The number of hydrogen-bond acceptors (Lipinski definition) is 6. The predicted octanol–water partition coefficient (Wildman–Crippen LogP) is 3.69.